The number of carbonyl (C=O) groups is 2. The van der Waals surface area contributed by atoms with Crippen molar-refractivity contribution < 1.29 is 14.3 Å². The fraction of sp³-hybridized carbons (Fsp3) is 0.421. The number of nitrogens with zero attached hydrogens (tertiary/aromatic N) is 1. The van der Waals surface area contributed by atoms with Gasteiger partial charge in [0.2, 0.25) is 5.91 Å². The fourth-order valence-electron chi connectivity index (χ4n) is 2.47. The molecule has 0 aliphatic heterocycles. The number of aromatic nitrogens is 1. The molecule has 9 heteroatoms. The molecule has 0 aliphatic rings. The number of thiazole rings is 1. The summed E-state index contributed by atoms with van der Waals surface area (Å²) in [6.07, 6.45) is 0.897. The van der Waals surface area contributed by atoms with Gasteiger partial charge in [0.25, 0.3) is 5.91 Å². The smallest absolute Gasteiger partial charge is 0.270 e. The van der Waals surface area contributed by atoms with Crippen molar-refractivity contribution in [1.82, 2.24) is 15.6 Å². The van der Waals surface area contributed by atoms with Crippen LogP contribution in [0.1, 0.15) is 53.8 Å². The SMILES string of the molecule is CCOc1ccc(C(C)NC(=O)CCCNC(=O)c2csc(CN)n2)cc1.Cl. The molecule has 7 nitrogen and oxygen atoms in total. The van der Waals surface area contributed by atoms with Crippen molar-refractivity contribution in [3.8, 4) is 5.75 Å². The van der Waals surface area contributed by atoms with E-state index in [4.69, 9.17) is 10.5 Å². The van der Waals surface area contributed by atoms with Crippen LogP contribution in [0.2, 0.25) is 0 Å². The Labute approximate surface area is 175 Å². The van der Waals surface area contributed by atoms with Crippen molar-refractivity contribution in [2.75, 3.05) is 13.2 Å². The summed E-state index contributed by atoms with van der Waals surface area (Å²) in [5.74, 6) is 0.521. The predicted octanol–water partition coefficient (Wildman–Crippen LogP) is 2.81. The topological polar surface area (TPSA) is 106 Å². The van der Waals surface area contributed by atoms with Crippen LogP contribution in [0.3, 0.4) is 0 Å². The van der Waals surface area contributed by atoms with Crippen LogP contribution in [0.4, 0.5) is 0 Å². The van der Waals surface area contributed by atoms with Crippen molar-refractivity contribution in [1.29, 1.82) is 0 Å². The number of halogens is 1. The molecular formula is C19H27ClN4O3S. The molecule has 2 aromatic rings. The van der Waals surface area contributed by atoms with Gasteiger partial charge in [0.15, 0.2) is 0 Å². The van der Waals surface area contributed by atoms with Crippen molar-refractivity contribution >= 4 is 35.6 Å². The van der Waals surface area contributed by atoms with Gasteiger partial charge in [-0.3, -0.25) is 9.59 Å². The molecule has 1 atom stereocenters. The van der Waals surface area contributed by atoms with Gasteiger partial charge in [0, 0.05) is 24.9 Å². The highest BCUT2D eigenvalue weighted by Crippen LogP contribution is 2.17. The third-order valence-electron chi connectivity index (χ3n) is 3.89. The van der Waals surface area contributed by atoms with Gasteiger partial charge >= 0.3 is 0 Å². The van der Waals surface area contributed by atoms with Crippen LogP contribution in [0.5, 0.6) is 5.75 Å². The highest BCUT2D eigenvalue weighted by molar-refractivity contribution is 7.09. The van der Waals surface area contributed by atoms with E-state index in [0.29, 0.717) is 38.2 Å². The number of hydrogen-bond acceptors (Lipinski definition) is 6. The number of nitrogens with two attached hydrogens (primary N) is 1. The predicted molar refractivity (Wildman–Crippen MR) is 113 cm³/mol. The summed E-state index contributed by atoms with van der Waals surface area (Å²) in [6.45, 7) is 5.24. The molecule has 28 heavy (non-hydrogen) atoms. The van der Waals surface area contributed by atoms with Crippen LogP contribution < -0.4 is 21.1 Å². The standard InChI is InChI=1S/C19H26N4O3S.ClH/c1-3-26-15-8-6-14(7-9-15)13(2)22-17(24)5-4-10-21-19(25)16-12-27-18(11-20)23-16;/h6-9,12-13H,3-5,10-11,20H2,1-2H3,(H,21,25)(H,22,24);1H. The minimum Gasteiger partial charge on any atom is -0.494 e. The van der Waals surface area contributed by atoms with E-state index in [1.807, 2.05) is 38.1 Å². The summed E-state index contributed by atoms with van der Waals surface area (Å²) in [4.78, 5) is 28.1. The van der Waals surface area contributed by atoms with Gasteiger partial charge in [-0.25, -0.2) is 4.98 Å². The lowest BCUT2D eigenvalue weighted by Crippen LogP contribution is -2.29. The molecule has 0 saturated heterocycles. The summed E-state index contributed by atoms with van der Waals surface area (Å²) in [7, 11) is 0. The Hall–Kier alpha value is -2.16. The number of hydrogen-bond donors (Lipinski definition) is 3. The minimum atomic E-state index is -0.242. The van der Waals surface area contributed by atoms with Gasteiger partial charge in [-0.05, 0) is 38.0 Å². The average molecular weight is 427 g/mol. The molecule has 0 spiro atoms. The van der Waals surface area contributed by atoms with Crippen LogP contribution in [-0.2, 0) is 11.3 Å². The monoisotopic (exact) mass is 426 g/mol. The molecule has 154 valence electrons. The Balaban J connectivity index is 0.00000392. The Bertz CT molecular complexity index is 752. The van der Waals surface area contributed by atoms with E-state index < -0.39 is 0 Å². The number of ether oxygens (including phenoxy) is 1. The number of carbonyl (C=O) groups excluding carboxylic acids is 2. The number of benzene rings is 1. The molecular weight excluding hydrogens is 400 g/mol. The first-order chi connectivity index (χ1) is 13.0. The van der Waals surface area contributed by atoms with Crippen LogP contribution in [0.15, 0.2) is 29.6 Å². The molecule has 0 saturated carbocycles. The Morgan fingerprint density at radius 3 is 2.61 bits per heavy atom. The molecule has 4 N–H and O–H groups in total. The maximum atomic E-state index is 12.1. The largest absolute Gasteiger partial charge is 0.494 e. The molecule has 2 rings (SSSR count). The summed E-state index contributed by atoms with van der Waals surface area (Å²) in [5, 5.41) is 8.13. The summed E-state index contributed by atoms with van der Waals surface area (Å²) in [6, 6.07) is 7.59. The lowest BCUT2D eigenvalue weighted by Gasteiger charge is -2.15. The minimum absolute atomic E-state index is 0. The molecule has 1 aromatic heterocycles. The van der Waals surface area contributed by atoms with Crippen LogP contribution in [0.25, 0.3) is 0 Å². The Morgan fingerprint density at radius 2 is 2.00 bits per heavy atom. The van der Waals surface area contributed by atoms with Gasteiger partial charge in [-0.2, -0.15) is 0 Å². The zero-order chi connectivity index (χ0) is 19.6. The number of rotatable bonds is 10. The van der Waals surface area contributed by atoms with Crippen molar-refractivity contribution in [2.45, 2.75) is 39.3 Å². The van der Waals surface area contributed by atoms with Gasteiger partial charge < -0.3 is 21.1 Å². The van der Waals surface area contributed by atoms with E-state index in [-0.39, 0.29) is 30.3 Å². The highest BCUT2D eigenvalue weighted by atomic mass is 35.5. The molecule has 0 fully saturated rings. The van der Waals surface area contributed by atoms with Gasteiger partial charge in [-0.15, -0.1) is 23.7 Å². The van der Waals surface area contributed by atoms with Gasteiger partial charge in [-0.1, -0.05) is 12.1 Å². The quantitative estimate of drug-likeness (QED) is 0.506. The lowest BCUT2D eigenvalue weighted by atomic mass is 10.1. The Morgan fingerprint density at radius 1 is 1.29 bits per heavy atom. The number of amides is 2. The highest BCUT2D eigenvalue weighted by Gasteiger charge is 2.11. The first kappa shape index (κ1) is 23.9. The maximum absolute atomic E-state index is 12.1. The van der Waals surface area contributed by atoms with E-state index in [2.05, 4.69) is 15.6 Å². The van der Waals surface area contributed by atoms with E-state index >= 15 is 0 Å². The fourth-order valence-corrected chi connectivity index (χ4v) is 3.12. The van der Waals surface area contributed by atoms with Crippen LogP contribution in [0, 0.1) is 0 Å². The lowest BCUT2D eigenvalue weighted by molar-refractivity contribution is -0.121. The average Bonchev–Trinajstić information content (AvgIpc) is 3.15. The zero-order valence-electron chi connectivity index (χ0n) is 16.1. The zero-order valence-corrected chi connectivity index (χ0v) is 17.7. The van der Waals surface area contributed by atoms with E-state index in [1.165, 1.54) is 11.3 Å². The summed E-state index contributed by atoms with van der Waals surface area (Å²) < 4.78 is 5.41. The molecule has 2 amide bonds. The van der Waals surface area contributed by atoms with E-state index in [9.17, 15) is 9.59 Å². The second-order valence-electron chi connectivity index (χ2n) is 5.98. The van der Waals surface area contributed by atoms with Crippen molar-refractivity contribution in [3.05, 3.63) is 45.9 Å². The molecule has 0 radical (unpaired) electrons. The van der Waals surface area contributed by atoms with Crippen molar-refractivity contribution in [2.24, 2.45) is 5.73 Å². The third-order valence-corrected chi connectivity index (χ3v) is 4.76. The second kappa shape index (κ2) is 12.3. The summed E-state index contributed by atoms with van der Waals surface area (Å²) >= 11 is 1.36. The van der Waals surface area contributed by atoms with Crippen LogP contribution in [-0.4, -0.2) is 29.9 Å². The molecule has 0 bridgehead atoms. The Kier molecular flexibility index (Phi) is 10.5. The molecule has 1 heterocycles. The van der Waals surface area contributed by atoms with Crippen molar-refractivity contribution in [3.63, 3.8) is 0 Å². The summed E-state index contributed by atoms with van der Waals surface area (Å²) in [5.41, 5.74) is 6.87. The van der Waals surface area contributed by atoms with Gasteiger partial charge in [0.1, 0.15) is 16.5 Å². The normalized spacial score (nSPS) is 11.2. The third kappa shape index (κ3) is 7.46. The van der Waals surface area contributed by atoms with E-state index in [0.717, 1.165) is 16.3 Å². The maximum Gasteiger partial charge on any atom is 0.270 e. The number of nitrogens with one attached hydrogen (secondary N) is 2. The van der Waals surface area contributed by atoms with E-state index in [1.54, 1.807) is 5.38 Å². The molecule has 0 aliphatic carbocycles. The first-order valence-electron chi connectivity index (χ1n) is 8.98. The second-order valence-corrected chi connectivity index (χ2v) is 6.92. The first-order valence-corrected chi connectivity index (χ1v) is 9.86. The van der Waals surface area contributed by atoms with Gasteiger partial charge in [0.05, 0.1) is 12.6 Å². The molecule has 1 unspecified atom stereocenters. The molecule has 1 aromatic carbocycles. The van der Waals surface area contributed by atoms with Crippen LogP contribution >= 0.6 is 23.7 Å².